The lowest BCUT2D eigenvalue weighted by molar-refractivity contribution is -0.110. The lowest BCUT2D eigenvalue weighted by atomic mass is 9.98. The molecule has 0 spiro atoms. The van der Waals surface area contributed by atoms with Crippen LogP contribution in [-0.2, 0) is 4.74 Å². The summed E-state index contributed by atoms with van der Waals surface area (Å²) in [6.45, 7) is 5.24. The predicted molar refractivity (Wildman–Crippen MR) is 61.7 cm³/mol. The van der Waals surface area contributed by atoms with Gasteiger partial charge in [0.25, 0.3) is 0 Å². The van der Waals surface area contributed by atoms with E-state index >= 15 is 0 Å². The summed E-state index contributed by atoms with van der Waals surface area (Å²) in [5.74, 6) is -1.63. The van der Waals surface area contributed by atoms with Crippen molar-refractivity contribution >= 4 is 0 Å². The predicted octanol–water partition coefficient (Wildman–Crippen LogP) is 2.79. The monoisotopic (exact) mass is 241 g/mol. The molecule has 1 aliphatic rings. The molecule has 17 heavy (non-hydrogen) atoms. The second-order valence-electron chi connectivity index (χ2n) is 4.68. The molecule has 0 saturated carbocycles. The van der Waals surface area contributed by atoms with Crippen LogP contribution in [0.15, 0.2) is 18.2 Å². The van der Waals surface area contributed by atoms with Gasteiger partial charge in [-0.1, -0.05) is 19.1 Å². The first-order valence-electron chi connectivity index (χ1n) is 5.88. The van der Waals surface area contributed by atoms with E-state index in [9.17, 15) is 8.78 Å². The third kappa shape index (κ3) is 2.48. The van der Waals surface area contributed by atoms with Crippen molar-refractivity contribution in [3.63, 3.8) is 0 Å². The molecule has 1 heterocycles. The smallest absolute Gasteiger partial charge is 0.164 e. The molecule has 1 aromatic carbocycles. The van der Waals surface area contributed by atoms with Gasteiger partial charge in [-0.05, 0) is 19.4 Å². The molecular weight excluding hydrogens is 224 g/mol. The van der Waals surface area contributed by atoms with Gasteiger partial charge >= 0.3 is 0 Å². The number of halogens is 2. The first kappa shape index (κ1) is 12.5. The van der Waals surface area contributed by atoms with Gasteiger partial charge in [0.2, 0.25) is 0 Å². The Labute approximate surface area is 100.0 Å². The van der Waals surface area contributed by atoms with E-state index in [0.29, 0.717) is 6.54 Å². The summed E-state index contributed by atoms with van der Waals surface area (Å²) in [5.41, 5.74) is -0.0290. The van der Waals surface area contributed by atoms with E-state index in [0.717, 1.165) is 19.0 Å². The fraction of sp³-hybridized carbons (Fsp3) is 0.538. The van der Waals surface area contributed by atoms with Crippen LogP contribution >= 0.6 is 0 Å². The number of ether oxygens (including phenoxy) is 1. The second-order valence-corrected chi connectivity index (χ2v) is 4.68. The Balaban J connectivity index is 2.25. The first-order chi connectivity index (χ1) is 8.06. The maximum absolute atomic E-state index is 13.7. The molecule has 1 fully saturated rings. The maximum Gasteiger partial charge on any atom is 0.164 e. The number of rotatable bonds is 2. The molecule has 0 radical (unpaired) electrons. The molecule has 94 valence electrons. The van der Waals surface area contributed by atoms with Gasteiger partial charge < -0.3 is 10.1 Å². The Morgan fingerprint density at radius 3 is 2.94 bits per heavy atom. The van der Waals surface area contributed by atoms with E-state index in [2.05, 4.69) is 5.32 Å². The number of nitrogens with one attached hydrogen (secondary N) is 1. The summed E-state index contributed by atoms with van der Waals surface area (Å²) in [6, 6.07) is 4.20. The molecule has 1 saturated heterocycles. The molecule has 2 rings (SSSR count). The van der Waals surface area contributed by atoms with Crippen molar-refractivity contribution in [1.82, 2.24) is 5.32 Å². The van der Waals surface area contributed by atoms with Crippen molar-refractivity contribution in [1.29, 1.82) is 0 Å². The summed E-state index contributed by atoms with van der Waals surface area (Å²) >= 11 is 0. The minimum atomic E-state index is -0.824. The quantitative estimate of drug-likeness (QED) is 0.859. The van der Waals surface area contributed by atoms with Gasteiger partial charge in [0.1, 0.15) is 0 Å². The maximum atomic E-state index is 13.7. The summed E-state index contributed by atoms with van der Waals surface area (Å²) in [4.78, 5) is 0. The van der Waals surface area contributed by atoms with Gasteiger partial charge in [-0.2, -0.15) is 0 Å². The number of benzene rings is 1. The topological polar surface area (TPSA) is 21.3 Å². The lowest BCUT2D eigenvalue weighted by Crippen LogP contribution is -2.48. The van der Waals surface area contributed by atoms with Crippen LogP contribution in [0.1, 0.15) is 31.9 Å². The van der Waals surface area contributed by atoms with Crippen LogP contribution in [0, 0.1) is 11.6 Å². The van der Waals surface area contributed by atoms with Crippen LogP contribution in [0.4, 0.5) is 8.78 Å². The molecule has 2 atom stereocenters. The Kier molecular flexibility index (Phi) is 3.45. The van der Waals surface area contributed by atoms with Crippen molar-refractivity contribution in [2.45, 2.75) is 32.0 Å². The number of hydrogen-bond acceptors (Lipinski definition) is 2. The van der Waals surface area contributed by atoms with Crippen LogP contribution in [-0.4, -0.2) is 18.7 Å². The Morgan fingerprint density at radius 2 is 2.24 bits per heavy atom. The highest BCUT2D eigenvalue weighted by atomic mass is 19.2. The number of morpholine rings is 1. The van der Waals surface area contributed by atoms with E-state index in [1.807, 2.05) is 13.8 Å². The molecule has 2 unspecified atom stereocenters. The van der Waals surface area contributed by atoms with E-state index in [1.165, 1.54) is 6.07 Å². The van der Waals surface area contributed by atoms with Gasteiger partial charge in [0.05, 0.1) is 11.7 Å². The van der Waals surface area contributed by atoms with Crippen molar-refractivity contribution < 1.29 is 13.5 Å². The van der Waals surface area contributed by atoms with Gasteiger partial charge in [0.15, 0.2) is 11.6 Å². The van der Waals surface area contributed by atoms with Gasteiger partial charge in [-0.25, -0.2) is 8.78 Å². The molecule has 0 aliphatic carbocycles. The highest BCUT2D eigenvalue weighted by Crippen LogP contribution is 2.30. The van der Waals surface area contributed by atoms with E-state index in [1.54, 1.807) is 6.07 Å². The fourth-order valence-electron chi connectivity index (χ4n) is 2.05. The average molecular weight is 241 g/mol. The van der Waals surface area contributed by atoms with Crippen molar-refractivity contribution in [2.24, 2.45) is 0 Å². The minimum absolute atomic E-state index is 0.289. The normalized spacial score (nSPS) is 29.3. The van der Waals surface area contributed by atoms with Crippen LogP contribution in [0.25, 0.3) is 0 Å². The average Bonchev–Trinajstić information content (AvgIpc) is 2.33. The van der Waals surface area contributed by atoms with Crippen LogP contribution in [0.5, 0.6) is 0 Å². The van der Waals surface area contributed by atoms with Crippen molar-refractivity contribution in [2.75, 3.05) is 13.1 Å². The molecule has 0 aromatic heterocycles. The largest absolute Gasteiger partial charge is 0.365 e. The molecule has 4 heteroatoms. The summed E-state index contributed by atoms with van der Waals surface area (Å²) in [7, 11) is 0. The fourth-order valence-corrected chi connectivity index (χ4v) is 2.05. The highest BCUT2D eigenvalue weighted by molar-refractivity contribution is 5.22. The third-order valence-electron chi connectivity index (χ3n) is 3.33. The molecule has 0 bridgehead atoms. The second kappa shape index (κ2) is 4.70. The highest BCUT2D eigenvalue weighted by Gasteiger charge is 2.33. The summed E-state index contributed by atoms with van der Waals surface area (Å²) in [6.07, 6.45) is 0.400. The Hall–Kier alpha value is -1.00. The molecule has 1 aromatic rings. The standard InChI is InChI=1S/C13H17F2NO/c1-3-13(2)8-16-7-11(17-13)9-5-4-6-10(14)12(9)15/h4-6,11,16H,3,7-8H2,1-2H3. The Bertz CT molecular complexity index is 410. The van der Waals surface area contributed by atoms with Crippen molar-refractivity contribution in [3.8, 4) is 0 Å². The SMILES string of the molecule is CCC1(C)CNCC(c2cccc(F)c2F)O1. The zero-order valence-corrected chi connectivity index (χ0v) is 10.1. The molecule has 0 amide bonds. The summed E-state index contributed by atoms with van der Waals surface area (Å²) < 4.78 is 32.7. The summed E-state index contributed by atoms with van der Waals surface area (Å²) in [5, 5.41) is 3.21. The zero-order valence-electron chi connectivity index (χ0n) is 10.1. The van der Waals surface area contributed by atoms with Gasteiger partial charge in [-0.15, -0.1) is 0 Å². The molecule has 1 aliphatic heterocycles. The first-order valence-corrected chi connectivity index (χ1v) is 5.88. The molecule has 2 nitrogen and oxygen atoms in total. The van der Waals surface area contributed by atoms with Crippen LogP contribution < -0.4 is 5.32 Å². The lowest BCUT2D eigenvalue weighted by Gasteiger charge is -2.39. The van der Waals surface area contributed by atoms with E-state index in [4.69, 9.17) is 4.74 Å². The number of hydrogen-bond donors (Lipinski definition) is 1. The molecule has 1 N–H and O–H groups in total. The Morgan fingerprint density at radius 1 is 1.47 bits per heavy atom. The van der Waals surface area contributed by atoms with Gasteiger partial charge in [0, 0.05) is 18.7 Å². The van der Waals surface area contributed by atoms with Crippen LogP contribution in [0.2, 0.25) is 0 Å². The molecular formula is C13H17F2NO. The van der Waals surface area contributed by atoms with Crippen LogP contribution in [0.3, 0.4) is 0 Å². The zero-order chi connectivity index (χ0) is 12.5. The van der Waals surface area contributed by atoms with Crippen molar-refractivity contribution in [3.05, 3.63) is 35.4 Å². The van der Waals surface area contributed by atoms with E-state index < -0.39 is 17.7 Å². The third-order valence-corrected chi connectivity index (χ3v) is 3.33. The van der Waals surface area contributed by atoms with Gasteiger partial charge in [-0.3, -0.25) is 0 Å². The van der Waals surface area contributed by atoms with E-state index in [-0.39, 0.29) is 11.2 Å². The minimum Gasteiger partial charge on any atom is -0.365 e.